The maximum Gasteiger partial charge on any atom is 0.314 e. The van der Waals surface area contributed by atoms with Crippen LogP contribution in [0, 0.1) is 11.8 Å². The van der Waals surface area contributed by atoms with Gasteiger partial charge in [-0.15, -0.1) is 0 Å². The van der Waals surface area contributed by atoms with Crippen LogP contribution in [-0.2, 0) is 9.59 Å². The number of carbonyl (C=O) groups is 3. The molecule has 0 aromatic heterocycles. The van der Waals surface area contributed by atoms with Gasteiger partial charge in [0, 0.05) is 19.1 Å². The van der Waals surface area contributed by atoms with Crippen LogP contribution in [-0.4, -0.2) is 47.0 Å². The molecular weight excluding hydrogens is 262 g/mol. The van der Waals surface area contributed by atoms with Gasteiger partial charge in [0.25, 0.3) is 0 Å². The summed E-state index contributed by atoms with van der Waals surface area (Å²) in [6.07, 6.45) is 5.16. The van der Waals surface area contributed by atoms with E-state index in [4.69, 9.17) is 10.8 Å². The van der Waals surface area contributed by atoms with Gasteiger partial charge < -0.3 is 21.1 Å². The number of piperidine rings is 1. The number of rotatable bonds is 3. The van der Waals surface area contributed by atoms with Gasteiger partial charge in [-0.25, -0.2) is 4.79 Å². The molecule has 1 aliphatic carbocycles. The fourth-order valence-corrected chi connectivity index (χ4v) is 2.68. The van der Waals surface area contributed by atoms with Crippen LogP contribution in [0.1, 0.15) is 19.3 Å². The second kappa shape index (κ2) is 5.94. The molecule has 0 radical (unpaired) electrons. The van der Waals surface area contributed by atoms with Crippen molar-refractivity contribution in [2.24, 2.45) is 17.6 Å². The average molecular weight is 281 g/mol. The van der Waals surface area contributed by atoms with Gasteiger partial charge >= 0.3 is 12.0 Å². The summed E-state index contributed by atoms with van der Waals surface area (Å²) in [5.74, 6) is -1.82. The lowest BCUT2D eigenvalue weighted by Crippen LogP contribution is -2.48. The van der Waals surface area contributed by atoms with E-state index >= 15 is 0 Å². The minimum Gasteiger partial charge on any atom is -0.481 e. The zero-order valence-electron chi connectivity index (χ0n) is 11.1. The molecule has 0 spiro atoms. The molecule has 3 unspecified atom stereocenters. The first-order valence-corrected chi connectivity index (χ1v) is 6.73. The molecule has 0 aromatic carbocycles. The topological polar surface area (TPSA) is 113 Å². The van der Waals surface area contributed by atoms with E-state index in [0.29, 0.717) is 25.9 Å². The molecule has 1 aliphatic heterocycles. The van der Waals surface area contributed by atoms with Crippen molar-refractivity contribution in [1.82, 2.24) is 10.2 Å². The van der Waals surface area contributed by atoms with Gasteiger partial charge in [-0.1, -0.05) is 12.2 Å². The normalized spacial score (nSPS) is 29.2. The Balaban J connectivity index is 1.85. The molecule has 0 bridgehead atoms. The molecule has 110 valence electrons. The molecule has 20 heavy (non-hydrogen) atoms. The Labute approximate surface area is 116 Å². The SMILES string of the molecule is NC(=O)N1CCCC(C(=O)NC2C=CC(C(=O)O)C2)C1. The molecule has 0 aromatic rings. The Morgan fingerprint density at radius 3 is 2.65 bits per heavy atom. The van der Waals surface area contributed by atoms with Gasteiger partial charge in [-0.2, -0.15) is 0 Å². The lowest BCUT2D eigenvalue weighted by Gasteiger charge is -2.31. The van der Waals surface area contributed by atoms with E-state index < -0.39 is 17.9 Å². The number of likely N-dealkylation sites (tertiary alicyclic amines) is 1. The molecular formula is C13H19N3O4. The first-order valence-electron chi connectivity index (χ1n) is 6.73. The van der Waals surface area contributed by atoms with Crippen LogP contribution in [0.4, 0.5) is 4.79 Å². The summed E-state index contributed by atoms with van der Waals surface area (Å²) < 4.78 is 0. The number of carboxylic acids is 1. The molecule has 1 saturated heterocycles. The predicted molar refractivity (Wildman–Crippen MR) is 70.7 cm³/mol. The lowest BCUT2D eigenvalue weighted by atomic mass is 9.97. The molecule has 1 fully saturated rings. The number of hydrogen-bond acceptors (Lipinski definition) is 3. The summed E-state index contributed by atoms with van der Waals surface area (Å²) in [7, 11) is 0. The second-order valence-electron chi connectivity index (χ2n) is 5.30. The van der Waals surface area contributed by atoms with Crippen LogP contribution >= 0.6 is 0 Å². The summed E-state index contributed by atoms with van der Waals surface area (Å²) in [6.45, 7) is 0.920. The summed E-state index contributed by atoms with van der Waals surface area (Å²) >= 11 is 0. The number of nitrogens with one attached hydrogen (secondary N) is 1. The molecule has 7 nitrogen and oxygen atoms in total. The van der Waals surface area contributed by atoms with Gasteiger partial charge in [-0.05, 0) is 19.3 Å². The summed E-state index contributed by atoms with van der Waals surface area (Å²) in [4.78, 5) is 35.6. The minimum absolute atomic E-state index is 0.142. The van der Waals surface area contributed by atoms with Gasteiger partial charge in [0.05, 0.1) is 11.8 Å². The Kier molecular flexibility index (Phi) is 4.26. The van der Waals surface area contributed by atoms with Crippen LogP contribution in [0.5, 0.6) is 0 Å². The van der Waals surface area contributed by atoms with Crippen molar-refractivity contribution in [2.45, 2.75) is 25.3 Å². The molecule has 1 heterocycles. The molecule has 7 heteroatoms. The summed E-state index contributed by atoms with van der Waals surface area (Å²) in [5.41, 5.74) is 5.22. The highest BCUT2D eigenvalue weighted by Crippen LogP contribution is 2.20. The highest BCUT2D eigenvalue weighted by molar-refractivity contribution is 5.81. The van der Waals surface area contributed by atoms with E-state index in [1.807, 2.05) is 0 Å². The Morgan fingerprint density at radius 1 is 1.30 bits per heavy atom. The van der Waals surface area contributed by atoms with Crippen LogP contribution in [0.25, 0.3) is 0 Å². The van der Waals surface area contributed by atoms with Crippen molar-refractivity contribution in [3.63, 3.8) is 0 Å². The van der Waals surface area contributed by atoms with Crippen molar-refractivity contribution in [3.8, 4) is 0 Å². The van der Waals surface area contributed by atoms with Gasteiger partial charge in [0.2, 0.25) is 5.91 Å². The van der Waals surface area contributed by atoms with Crippen LogP contribution < -0.4 is 11.1 Å². The second-order valence-corrected chi connectivity index (χ2v) is 5.30. The number of hydrogen-bond donors (Lipinski definition) is 3. The van der Waals surface area contributed by atoms with E-state index in [0.717, 1.165) is 6.42 Å². The molecule has 3 atom stereocenters. The van der Waals surface area contributed by atoms with E-state index in [1.165, 1.54) is 4.90 Å². The number of nitrogens with two attached hydrogens (primary N) is 1. The maximum atomic E-state index is 12.1. The number of aliphatic carboxylic acids is 1. The van der Waals surface area contributed by atoms with Gasteiger partial charge in [-0.3, -0.25) is 9.59 Å². The number of urea groups is 1. The van der Waals surface area contributed by atoms with E-state index in [1.54, 1.807) is 12.2 Å². The predicted octanol–water partition coefficient (Wildman–Crippen LogP) is -0.0774. The van der Waals surface area contributed by atoms with Crippen molar-refractivity contribution in [1.29, 1.82) is 0 Å². The number of carbonyl (C=O) groups excluding carboxylic acids is 2. The van der Waals surface area contributed by atoms with E-state index in [9.17, 15) is 14.4 Å². The molecule has 0 saturated carbocycles. The monoisotopic (exact) mass is 281 g/mol. The van der Waals surface area contributed by atoms with Gasteiger partial charge in [0.1, 0.15) is 0 Å². The first-order chi connectivity index (χ1) is 9.47. The third kappa shape index (κ3) is 3.28. The standard InChI is InChI=1S/C13H19N3O4/c14-13(20)16-5-1-2-9(7-16)11(17)15-10-4-3-8(6-10)12(18)19/h3-4,8-10H,1-2,5-7H2,(H2,14,20)(H,15,17)(H,18,19). The van der Waals surface area contributed by atoms with Crippen molar-refractivity contribution in [3.05, 3.63) is 12.2 Å². The highest BCUT2D eigenvalue weighted by Gasteiger charge is 2.30. The third-order valence-electron chi connectivity index (χ3n) is 3.83. The first kappa shape index (κ1) is 14.4. The Hall–Kier alpha value is -2.05. The number of carboxylic acid groups (broad SMARTS) is 1. The fourth-order valence-electron chi connectivity index (χ4n) is 2.68. The number of primary amides is 1. The van der Waals surface area contributed by atoms with Crippen LogP contribution in [0.3, 0.4) is 0 Å². The van der Waals surface area contributed by atoms with E-state index in [2.05, 4.69) is 5.32 Å². The molecule has 2 aliphatic rings. The van der Waals surface area contributed by atoms with Gasteiger partial charge in [0.15, 0.2) is 0 Å². The lowest BCUT2D eigenvalue weighted by molar-refractivity contribution is -0.140. The fraction of sp³-hybridized carbons (Fsp3) is 0.615. The van der Waals surface area contributed by atoms with Crippen molar-refractivity contribution in [2.75, 3.05) is 13.1 Å². The Morgan fingerprint density at radius 2 is 2.05 bits per heavy atom. The zero-order chi connectivity index (χ0) is 14.7. The highest BCUT2D eigenvalue weighted by atomic mass is 16.4. The molecule has 2 rings (SSSR count). The van der Waals surface area contributed by atoms with Crippen molar-refractivity contribution < 1.29 is 19.5 Å². The third-order valence-corrected chi connectivity index (χ3v) is 3.83. The summed E-state index contributed by atoms with van der Waals surface area (Å²) in [6, 6.07) is -0.748. The molecule has 4 N–H and O–H groups in total. The van der Waals surface area contributed by atoms with Crippen LogP contribution in [0.15, 0.2) is 12.2 Å². The quantitative estimate of drug-likeness (QED) is 0.628. The smallest absolute Gasteiger partial charge is 0.314 e. The van der Waals surface area contributed by atoms with E-state index in [-0.39, 0.29) is 17.9 Å². The number of amides is 3. The molecule has 3 amide bonds. The largest absolute Gasteiger partial charge is 0.481 e. The van der Waals surface area contributed by atoms with Crippen molar-refractivity contribution >= 4 is 17.9 Å². The zero-order valence-corrected chi connectivity index (χ0v) is 11.1. The Bertz CT molecular complexity index is 449. The maximum absolute atomic E-state index is 12.1. The number of nitrogens with zero attached hydrogens (tertiary/aromatic N) is 1. The average Bonchev–Trinajstić information content (AvgIpc) is 2.87. The van der Waals surface area contributed by atoms with Crippen LogP contribution in [0.2, 0.25) is 0 Å². The minimum atomic E-state index is -0.879. The summed E-state index contributed by atoms with van der Waals surface area (Å²) in [5, 5.41) is 11.7.